The maximum absolute atomic E-state index is 4.58. The third kappa shape index (κ3) is 2.13. The third-order valence-electron chi connectivity index (χ3n) is 2.61. The van der Waals surface area contributed by atoms with Gasteiger partial charge in [0, 0.05) is 25.0 Å². The highest BCUT2D eigenvalue weighted by molar-refractivity contribution is 5.73. The van der Waals surface area contributed by atoms with Crippen molar-refractivity contribution >= 4 is 11.0 Å². The Balaban J connectivity index is 1.96. The Labute approximate surface area is 99.2 Å². The van der Waals surface area contributed by atoms with Crippen molar-refractivity contribution in [3.8, 4) is 0 Å². The lowest BCUT2D eigenvalue weighted by Gasteiger charge is -2.02. The summed E-state index contributed by atoms with van der Waals surface area (Å²) in [7, 11) is 0. The lowest BCUT2D eigenvalue weighted by Crippen LogP contribution is -1.94. The molecule has 2 aromatic heterocycles. The van der Waals surface area contributed by atoms with E-state index in [4.69, 9.17) is 0 Å². The van der Waals surface area contributed by atoms with Crippen molar-refractivity contribution in [1.29, 1.82) is 0 Å². The molecule has 0 atom stereocenters. The maximum Gasteiger partial charge on any atom is 0.0890 e. The Morgan fingerprint density at radius 3 is 2.59 bits per heavy atom. The van der Waals surface area contributed by atoms with Crippen molar-refractivity contribution in [2.24, 2.45) is 0 Å². The molecule has 0 amide bonds. The molecule has 0 N–H and O–H groups in total. The Hall–Kier alpha value is -2.29. The first kappa shape index (κ1) is 9.90. The monoisotopic (exact) mass is 221 g/mol. The Morgan fingerprint density at radius 1 is 0.882 bits per heavy atom. The summed E-state index contributed by atoms with van der Waals surface area (Å²) in [6.07, 6.45) is 6.23. The summed E-state index contributed by atoms with van der Waals surface area (Å²) < 4.78 is 0. The first-order valence-electron chi connectivity index (χ1n) is 5.51. The van der Waals surface area contributed by atoms with Crippen molar-refractivity contribution in [3.05, 3.63) is 66.2 Å². The van der Waals surface area contributed by atoms with Gasteiger partial charge in [-0.3, -0.25) is 9.97 Å². The molecule has 0 saturated heterocycles. The molecular weight excluding hydrogens is 210 g/mol. The molecule has 2 heterocycles. The number of pyridine rings is 1. The van der Waals surface area contributed by atoms with Crippen LogP contribution in [0.5, 0.6) is 0 Å². The Morgan fingerprint density at radius 2 is 1.76 bits per heavy atom. The van der Waals surface area contributed by atoms with Crippen molar-refractivity contribution in [3.63, 3.8) is 0 Å². The van der Waals surface area contributed by atoms with Crippen molar-refractivity contribution < 1.29 is 0 Å². The van der Waals surface area contributed by atoms with Crippen LogP contribution in [0.3, 0.4) is 0 Å². The van der Waals surface area contributed by atoms with Gasteiger partial charge in [-0.25, -0.2) is 4.98 Å². The predicted octanol–water partition coefficient (Wildman–Crippen LogP) is 2.62. The summed E-state index contributed by atoms with van der Waals surface area (Å²) in [6, 6.07) is 11.9. The van der Waals surface area contributed by atoms with Crippen LogP contribution < -0.4 is 0 Å². The fourth-order valence-corrected chi connectivity index (χ4v) is 1.79. The second-order valence-electron chi connectivity index (χ2n) is 3.89. The molecule has 0 fully saturated rings. The molecule has 0 aliphatic heterocycles. The second kappa shape index (κ2) is 4.29. The number of aromatic nitrogens is 3. The average Bonchev–Trinajstić information content (AvgIpc) is 2.40. The number of rotatable bonds is 2. The molecular formula is C14H11N3. The van der Waals surface area contributed by atoms with Crippen LogP contribution in [-0.4, -0.2) is 15.0 Å². The van der Waals surface area contributed by atoms with Gasteiger partial charge in [0.2, 0.25) is 0 Å². The molecule has 3 rings (SSSR count). The molecule has 17 heavy (non-hydrogen) atoms. The fraction of sp³-hybridized carbons (Fsp3) is 0.0714. The molecule has 3 heteroatoms. The minimum absolute atomic E-state index is 0.770. The zero-order valence-electron chi connectivity index (χ0n) is 9.24. The summed E-state index contributed by atoms with van der Waals surface area (Å²) >= 11 is 0. The van der Waals surface area contributed by atoms with Gasteiger partial charge >= 0.3 is 0 Å². The van der Waals surface area contributed by atoms with Gasteiger partial charge in [0.05, 0.1) is 16.7 Å². The van der Waals surface area contributed by atoms with E-state index >= 15 is 0 Å². The van der Waals surface area contributed by atoms with Crippen LogP contribution in [0.4, 0.5) is 0 Å². The van der Waals surface area contributed by atoms with E-state index in [9.17, 15) is 0 Å². The van der Waals surface area contributed by atoms with Crippen LogP contribution in [0.1, 0.15) is 11.3 Å². The fourth-order valence-electron chi connectivity index (χ4n) is 1.79. The molecule has 0 bridgehead atoms. The zero-order valence-corrected chi connectivity index (χ0v) is 9.24. The Bertz CT molecular complexity index is 635. The van der Waals surface area contributed by atoms with Gasteiger partial charge in [-0.2, -0.15) is 0 Å². The van der Waals surface area contributed by atoms with Crippen molar-refractivity contribution in [2.45, 2.75) is 6.42 Å². The molecule has 0 aliphatic carbocycles. The van der Waals surface area contributed by atoms with E-state index in [1.54, 1.807) is 6.20 Å². The summed E-state index contributed by atoms with van der Waals surface area (Å²) in [6.45, 7) is 0. The lowest BCUT2D eigenvalue weighted by molar-refractivity contribution is 1.05. The normalized spacial score (nSPS) is 10.6. The number of para-hydroxylation sites is 2. The van der Waals surface area contributed by atoms with Crippen molar-refractivity contribution in [1.82, 2.24) is 15.0 Å². The molecule has 0 radical (unpaired) electrons. The molecule has 3 nitrogen and oxygen atoms in total. The van der Waals surface area contributed by atoms with E-state index in [1.165, 1.54) is 0 Å². The van der Waals surface area contributed by atoms with Gasteiger partial charge in [-0.1, -0.05) is 18.2 Å². The second-order valence-corrected chi connectivity index (χ2v) is 3.89. The first-order chi connectivity index (χ1) is 8.42. The van der Waals surface area contributed by atoms with Crippen molar-refractivity contribution in [2.75, 3.05) is 0 Å². The molecule has 82 valence electrons. The van der Waals surface area contributed by atoms with Crippen LogP contribution >= 0.6 is 0 Å². The minimum Gasteiger partial charge on any atom is -0.264 e. The number of benzene rings is 1. The van der Waals surface area contributed by atoms with E-state index in [1.807, 2.05) is 48.8 Å². The molecule has 0 spiro atoms. The van der Waals surface area contributed by atoms with Gasteiger partial charge in [0.15, 0.2) is 0 Å². The van der Waals surface area contributed by atoms with E-state index in [2.05, 4.69) is 15.0 Å². The first-order valence-corrected chi connectivity index (χ1v) is 5.51. The van der Waals surface area contributed by atoms with Gasteiger partial charge < -0.3 is 0 Å². The smallest absolute Gasteiger partial charge is 0.0890 e. The minimum atomic E-state index is 0.770. The number of fused-ring (bicyclic) bond motifs is 1. The molecule has 1 aromatic carbocycles. The van der Waals surface area contributed by atoms with Crippen LogP contribution in [-0.2, 0) is 6.42 Å². The van der Waals surface area contributed by atoms with E-state index in [0.29, 0.717) is 0 Å². The highest BCUT2D eigenvalue weighted by atomic mass is 14.8. The summed E-state index contributed by atoms with van der Waals surface area (Å²) in [5.41, 5.74) is 3.99. The summed E-state index contributed by atoms with van der Waals surface area (Å²) in [4.78, 5) is 13.1. The third-order valence-corrected chi connectivity index (χ3v) is 2.61. The van der Waals surface area contributed by atoms with Crippen LogP contribution in [0.25, 0.3) is 11.0 Å². The predicted molar refractivity (Wildman–Crippen MR) is 66.6 cm³/mol. The van der Waals surface area contributed by atoms with Crippen LogP contribution in [0.15, 0.2) is 55.0 Å². The molecule has 0 aliphatic rings. The Kier molecular flexibility index (Phi) is 2.50. The van der Waals surface area contributed by atoms with Gasteiger partial charge in [0.1, 0.15) is 0 Å². The molecule has 0 unspecified atom stereocenters. The van der Waals surface area contributed by atoms with Gasteiger partial charge in [0.25, 0.3) is 0 Å². The number of hydrogen-bond donors (Lipinski definition) is 0. The standard InChI is InChI=1S/C14H11N3/c1-2-6-14-13(5-1)16-10-12(17-14)8-11-4-3-7-15-9-11/h1-7,9-10H,8H2. The molecule has 0 saturated carbocycles. The van der Waals surface area contributed by atoms with Gasteiger partial charge in [-0.05, 0) is 23.8 Å². The number of nitrogens with zero attached hydrogens (tertiary/aromatic N) is 3. The molecule has 3 aromatic rings. The summed E-state index contributed by atoms with van der Waals surface area (Å²) in [5, 5.41) is 0. The van der Waals surface area contributed by atoms with Gasteiger partial charge in [-0.15, -0.1) is 0 Å². The quantitative estimate of drug-likeness (QED) is 0.667. The summed E-state index contributed by atoms with van der Waals surface area (Å²) in [5.74, 6) is 0. The SMILES string of the molecule is c1cncc(Cc2cnc3ccccc3n2)c1. The highest BCUT2D eigenvalue weighted by Crippen LogP contribution is 2.11. The van der Waals surface area contributed by atoms with E-state index in [-0.39, 0.29) is 0 Å². The average molecular weight is 221 g/mol. The number of hydrogen-bond acceptors (Lipinski definition) is 3. The van der Waals surface area contributed by atoms with Crippen LogP contribution in [0, 0.1) is 0 Å². The van der Waals surface area contributed by atoms with E-state index in [0.717, 1.165) is 28.7 Å². The largest absolute Gasteiger partial charge is 0.264 e. The van der Waals surface area contributed by atoms with E-state index < -0.39 is 0 Å². The highest BCUT2D eigenvalue weighted by Gasteiger charge is 2.00. The topological polar surface area (TPSA) is 38.7 Å². The maximum atomic E-state index is 4.58. The lowest BCUT2D eigenvalue weighted by atomic mass is 10.1. The zero-order chi connectivity index (χ0) is 11.5. The van der Waals surface area contributed by atoms with Crippen LogP contribution in [0.2, 0.25) is 0 Å².